The average Bonchev–Trinajstić information content (AvgIpc) is 2.36. The average molecular weight is 342 g/mol. The second-order valence-electron chi connectivity index (χ2n) is 8.32. The molecular formula is C19H43NSi2. The Morgan fingerprint density at radius 2 is 1.32 bits per heavy atom. The van der Waals surface area contributed by atoms with Crippen molar-refractivity contribution >= 4 is 15.3 Å². The predicted octanol–water partition coefficient (Wildman–Crippen LogP) is 6.60. The van der Waals surface area contributed by atoms with Gasteiger partial charge in [-0.2, -0.15) is 0 Å². The molecule has 1 nitrogen and oxygen atoms in total. The number of rotatable bonds is 9. The first-order valence-electron chi connectivity index (χ1n) is 9.45. The summed E-state index contributed by atoms with van der Waals surface area (Å²) < 4.78 is 0. The van der Waals surface area contributed by atoms with Crippen molar-refractivity contribution < 1.29 is 0 Å². The Kier molecular flexibility index (Phi) is 8.89. The number of allylic oxidation sites excluding steroid dienone is 2. The van der Waals surface area contributed by atoms with Gasteiger partial charge in [0.25, 0.3) is 0 Å². The molecule has 132 valence electrons. The number of hydrogen-bond donors (Lipinski definition) is 1. The summed E-state index contributed by atoms with van der Waals surface area (Å²) in [5.41, 5.74) is 2.48. The van der Waals surface area contributed by atoms with Gasteiger partial charge in [0.2, 0.25) is 0 Å². The molecule has 0 aromatic carbocycles. The summed E-state index contributed by atoms with van der Waals surface area (Å²) in [4.78, 5) is 4.26. The van der Waals surface area contributed by atoms with Gasteiger partial charge in [0.15, 0.2) is 0 Å². The largest absolute Gasteiger partial charge is 0.334 e. The molecule has 0 aromatic heterocycles. The molecule has 0 saturated heterocycles. The van der Waals surface area contributed by atoms with E-state index in [1.54, 1.807) is 5.20 Å². The minimum absolute atomic E-state index is 0.580. The van der Waals surface area contributed by atoms with Crippen molar-refractivity contribution in [2.75, 3.05) is 0 Å². The van der Waals surface area contributed by atoms with Crippen LogP contribution in [0.25, 0.3) is 0 Å². The fraction of sp³-hybridized carbons (Fsp3) is 0.895. The highest BCUT2D eigenvalue weighted by Crippen LogP contribution is 2.50. The summed E-state index contributed by atoms with van der Waals surface area (Å²) in [7, 11) is -3.20. The van der Waals surface area contributed by atoms with Crippen LogP contribution in [-0.2, 0) is 0 Å². The van der Waals surface area contributed by atoms with Crippen molar-refractivity contribution in [2.24, 2.45) is 0 Å². The van der Waals surface area contributed by atoms with Gasteiger partial charge in [-0.15, -0.1) is 0 Å². The molecule has 0 saturated carbocycles. The molecule has 0 spiro atoms. The zero-order chi connectivity index (χ0) is 17.7. The number of nitrogens with one attached hydrogen (secondary N) is 1. The molecule has 0 radical (unpaired) electrons. The Bertz CT molecular complexity index is 337. The first-order chi connectivity index (χ1) is 10.0. The van der Waals surface area contributed by atoms with Crippen molar-refractivity contribution in [1.82, 2.24) is 4.98 Å². The zero-order valence-electron chi connectivity index (χ0n) is 17.3. The molecule has 1 N–H and O–H groups in total. The van der Waals surface area contributed by atoms with Crippen molar-refractivity contribution in [2.45, 2.75) is 111 Å². The van der Waals surface area contributed by atoms with Gasteiger partial charge in [0, 0.05) is 0 Å². The zero-order valence-corrected chi connectivity index (χ0v) is 19.3. The van der Waals surface area contributed by atoms with E-state index in [-0.39, 0.29) is 0 Å². The molecule has 0 amide bonds. The van der Waals surface area contributed by atoms with E-state index in [4.69, 9.17) is 0 Å². The van der Waals surface area contributed by atoms with Crippen LogP contribution in [0.5, 0.6) is 0 Å². The number of hydrogen-bond acceptors (Lipinski definition) is 1. The molecule has 0 rings (SSSR count). The van der Waals surface area contributed by atoms with Crippen LogP contribution in [0.4, 0.5) is 0 Å². The Morgan fingerprint density at radius 3 is 1.55 bits per heavy atom. The second-order valence-corrected chi connectivity index (χ2v) is 22.2. The summed E-state index contributed by atoms with van der Waals surface area (Å²) in [5.74, 6) is 0. The van der Waals surface area contributed by atoms with E-state index < -0.39 is 15.3 Å². The maximum Gasteiger partial charge on any atom is 0.143 e. The molecule has 0 aliphatic rings. The molecular weight excluding hydrogens is 298 g/mol. The molecule has 22 heavy (non-hydrogen) atoms. The lowest BCUT2D eigenvalue weighted by atomic mass is 10.4. The minimum Gasteiger partial charge on any atom is -0.334 e. The molecule has 0 aliphatic heterocycles. The lowest BCUT2D eigenvalue weighted by molar-refractivity contribution is 0.720. The second kappa shape index (κ2) is 8.84. The van der Waals surface area contributed by atoms with Gasteiger partial charge < -0.3 is 4.98 Å². The van der Waals surface area contributed by atoms with Gasteiger partial charge in [-0.3, -0.25) is 0 Å². The van der Waals surface area contributed by atoms with Gasteiger partial charge in [0.05, 0.1) is 7.59 Å². The van der Waals surface area contributed by atoms with Gasteiger partial charge >= 0.3 is 0 Å². The molecule has 1 unspecified atom stereocenters. The van der Waals surface area contributed by atoms with Crippen LogP contribution in [0.3, 0.4) is 0 Å². The third kappa shape index (κ3) is 3.78. The van der Waals surface area contributed by atoms with Gasteiger partial charge in [-0.05, 0) is 25.9 Å². The van der Waals surface area contributed by atoms with Crippen molar-refractivity contribution in [3.05, 3.63) is 11.3 Å². The van der Waals surface area contributed by atoms with E-state index in [0.29, 0.717) is 6.04 Å². The summed E-state index contributed by atoms with van der Waals surface area (Å²) >= 11 is 0. The van der Waals surface area contributed by atoms with Gasteiger partial charge in [-0.1, -0.05) is 96.6 Å². The molecule has 0 bridgehead atoms. The van der Waals surface area contributed by atoms with Crippen molar-refractivity contribution in [3.8, 4) is 0 Å². The fourth-order valence-corrected chi connectivity index (χ4v) is 32.0. The van der Waals surface area contributed by atoms with E-state index in [1.807, 2.05) is 0 Å². The van der Waals surface area contributed by atoms with Crippen LogP contribution < -0.4 is 4.98 Å². The van der Waals surface area contributed by atoms with Crippen LogP contribution in [0.1, 0.15) is 82.6 Å². The summed E-state index contributed by atoms with van der Waals surface area (Å²) in [6, 6.07) is 1.98. The molecule has 0 aromatic rings. The smallest absolute Gasteiger partial charge is 0.143 e. The highest BCUT2D eigenvalue weighted by atomic mass is 29.3. The van der Waals surface area contributed by atoms with Crippen LogP contribution in [-0.4, -0.2) is 21.4 Å². The van der Waals surface area contributed by atoms with E-state index in [9.17, 15) is 0 Å². The molecule has 0 aliphatic carbocycles. The van der Waals surface area contributed by atoms with Crippen molar-refractivity contribution in [1.29, 1.82) is 0 Å². The first kappa shape index (κ1) is 22.1. The lowest BCUT2D eigenvalue weighted by Crippen LogP contribution is -2.77. The monoisotopic (exact) mass is 341 g/mol. The van der Waals surface area contributed by atoms with E-state index in [1.165, 1.54) is 12.5 Å². The van der Waals surface area contributed by atoms with Crippen LogP contribution in [0, 0.1) is 0 Å². The highest BCUT2D eigenvalue weighted by molar-refractivity contribution is 7.45. The van der Waals surface area contributed by atoms with Gasteiger partial charge in [-0.25, -0.2) is 0 Å². The Balaban J connectivity index is 6.62. The maximum absolute atomic E-state index is 4.26. The predicted molar refractivity (Wildman–Crippen MR) is 110 cm³/mol. The van der Waals surface area contributed by atoms with Crippen LogP contribution >= 0.6 is 0 Å². The van der Waals surface area contributed by atoms with Crippen LogP contribution in [0.2, 0.25) is 22.7 Å². The van der Waals surface area contributed by atoms with Gasteiger partial charge in [0.1, 0.15) is 7.75 Å². The summed E-state index contributed by atoms with van der Waals surface area (Å²) in [5, 5.41) is 1.71. The normalized spacial score (nSPS) is 17.0. The third-order valence-electron chi connectivity index (χ3n) is 5.87. The standard InChI is InChI=1S/C19H43NSi2/c1-12-14-21(19(11)13-2,20-15(3)4)22(16(5)6,17(7)8)18(9)10/h13,15-18,20H,12,14H2,1-11H3/b19-13+. The van der Waals surface area contributed by atoms with E-state index in [0.717, 1.165) is 16.6 Å². The molecule has 3 heteroatoms. The third-order valence-corrected chi connectivity index (χ3v) is 29.0. The fourth-order valence-electron chi connectivity index (χ4n) is 5.66. The van der Waals surface area contributed by atoms with Crippen molar-refractivity contribution in [3.63, 3.8) is 0 Å². The lowest BCUT2D eigenvalue weighted by Gasteiger charge is -2.57. The summed E-state index contributed by atoms with van der Waals surface area (Å²) in [6.07, 6.45) is 3.74. The topological polar surface area (TPSA) is 12.0 Å². The minimum atomic E-state index is -1.68. The molecule has 0 heterocycles. The quantitative estimate of drug-likeness (QED) is 0.466. The first-order valence-corrected chi connectivity index (χ1v) is 14.9. The Morgan fingerprint density at radius 1 is 0.909 bits per heavy atom. The Labute approximate surface area is 143 Å². The van der Waals surface area contributed by atoms with E-state index in [2.05, 4.69) is 87.2 Å². The Hall–Kier alpha value is 0.134. The summed E-state index contributed by atoms with van der Waals surface area (Å²) in [6.45, 7) is 26.9. The maximum atomic E-state index is 4.26. The van der Waals surface area contributed by atoms with E-state index >= 15 is 0 Å². The highest BCUT2D eigenvalue weighted by Gasteiger charge is 2.60. The van der Waals surface area contributed by atoms with Crippen LogP contribution in [0.15, 0.2) is 11.3 Å². The molecule has 1 atom stereocenters. The molecule has 0 fully saturated rings. The SMILES string of the molecule is C/C=C(\C)[Si](CCC)(NC(C)C)[Si](C(C)C)(C(C)C)C(C)C.